The Bertz CT molecular complexity index is 956. The van der Waals surface area contributed by atoms with E-state index in [2.05, 4.69) is 20.0 Å². The fraction of sp³-hybridized carbons (Fsp3) is 0.389. The molecular weight excluding hydrogens is 334 g/mol. The Hall–Kier alpha value is -2.28. The van der Waals surface area contributed by atoms with Crippen molar-refractivity contribution in [1.29, 1.82) is 0 Å². The van der Waals surface area contributed by atoms with Crippen molar-refractivity contribution in [3.8, 4) is 0 Å². The van der Waals surface area contributed by atoms with E-state index >= 15 is 0 Å². The number of aromatic nitrogens is 4. The van der Waals surface area contributed by atoms with Crippen LogP contribution in [-0.4, -0.2) is 38.6 Å². The molecule has 2 aromatic heterocycles. The summed E-state index contributed by atoms with van der Waals surface area (Å²) >= 11 is 1.88. The molecule has 2 aliphatic heterocycles. The molecule has 128 valence electrons. The fourth-order valence-corrected chi connectivity index (χ4v) is 4.53. The van der Waals surface area contributed by atoms with Crippen molar-refractivity contribution in [2.45, 2.75) is 18.7 Å². The number of H-pyrrole nitrogens is 1. The molecule has 0 bridgehead atoms. The van der Waals surface area contributed by atoms with Crippen LogP contribution in [0.15, 0.2) is 35.1 Å². The number of thioether (sulfide) groups is 1. The zero-order valence-electron chi connectivity index (χ0n) is 13.8. The Balaban J connectivity index is 1.29. The second-order valence-corrected chi connectivity index (χ2v) is 7.89. The molecule has 1 fully saturated rings. The van der Waals surface area contributed by atoms with Gasteiger partial charge in [0.2, 0.25) is 5.95 Å². The molecule has 2 aliphatic rings. The number of aryl methyl sites for hydroxylation is 1. The van der Waals surface area contributed by atoms with Gasteiger partial charge in [-0.2, -0.15) is 16.9 Å². The molecule has 0 atom stereocenters. The normalized spacial score (nSPS) is 17.5. The Kier molecular flexibility index (Phi) is 3.55. The lowest BCUT2D eigenvalue weighted by Crippen LogP contribution is -2.50. The van der Waals surface area contributed by atoms with Gasteiger partial charge in [0.05, 0.1) is 23.3 Å². The van der Waals surface area contributed by atoms with Gasteiger partial charge >= 0.3 is 0 Å². The summed E-state index contributed by atoms with van der Waals surface area (Å²) in [5.41, 5.74) is 4.31. The highest BCUT2D eigenvalue weighted by Gasteiger charge is 2.30. The lowest BCUT2D eigenvalue weighted by atomic mass is 10.0. The van der Waals surface area contributed by atoms with Crippen LogP contribution in [0.1, 0.15) is 11.3 Å². The number of benzene rings is 1. The van der Waals surface area contributed by atoms with Gasteiger partial charge in [0.1, 0.15) is 0 Å². The number of anilines is 1. The molecule has 0 unspecified atom stereocenters. The number of fused-ring (bicyclic) bond motifs is 2. The SMILES string of the molecule is O=c1cc2c(nn1CC1CN(c3nc4ccccc4[nH]3)C1)CCSC2. The quantitative estimate of drug-likeness (QED) is 0.781. The molecule has 4 heterocycles. The third-order valence-corrected chi connectivity index (χ3v) is 5.98. The summed E-state index contributed by atoms with van der Waals surface area (Å²) in [6.07, 6.45) is 0.968. The van der Waals surface area contributed by atoms with E-state index in [1.165, 1.54) is 0 Å². The zero-order valence-corrected chi connectivity index (χ0v) is 14.6. The van der Waals surface area contributed by atoms with Crippen molar-refractivity contribution in [2.24, 2.45) is 5.92 Å². The Labute approximate surface area is 149 Å². The van der Waals surface area contributed by atoms with Gasteiger partial charge < -0.3 is 9.88 Å². The molecule has 0 amide bonds. The number of aromatic amines is 1. The van der Waals surface area contributed by atoms with Crippen molar-refractivity contribution >= 4 is 28.7 Å². The second kappa shape index (κ2) is 5.91. The topological polar surface area (TPSA) is 66.8 Å². The summed E-state index contributed by atoms with van der Waals surface area (Å²) in [7, 11) is 0. The van der Waals surface area contributed by atoms with E-state index in [1.807, 2.05) is 36.0 Å². The predicted octanol–water partition coefficient (Wildman–Crippen LogP) is 2.05. The number of nitrogens with one attached hydrogen (secondary N) is 1. The predicted molar refractivity (Wildman–Crippen MR) is 100 cm³/mol. The average Bonchev–Trinajstić information content (AvgIpc) is 3.01. The Morgan fingerprint density at radius 1 is 1.28 bits per heavy atom. The number of imidazole rings is 1. The third-order valence-electron chi connectivity index (χ3n) is 4.97. The van der Waals surface area contributed by atoms with E-state index < -0.39 is 0 Å². The molecular formula is C18H19N5OS. The summed E-state index contributed by atoms with van der Waals surface area (Å²) in [6.45, 7) is 2.50. The molecule has 0 spiro atoms. The van der Waals surface area contributed by atoms with Crippen LogP contribution in [0.3, 0.4) is 0 Å². The van der Waals surface area contributed by atoms with Gasteiger partial charge in [0, 0.05) is 37.2 Å². The van der Waals surface area contributed by atoms with Gasteiger partial charge in [-0.15, -0.1) is 0 Å². The zero-order chi connectivity index (χ0) is 16.8. The van der Waals surface area contributed by atoms with Crippen LogP contribution in [0.25, 0.3) is 11.0 Å². The number of hydrogen-bond acceptors (Lipinski definition) is 5. The largest absolute Gasteiger partial charge is 0.342 e. The van der Waals surface area contributed by atoms with Crippen molar-refractivity contribution in [1.82, 2.24) is 19.7 Å². The van der Waals surface area contributed by atoms with E-state index in [0.29, 0.717) is 12.5 Å². The summed E-state index contributed by atoms with van der Waals surface area (Å²) in [5.74, 6) is 3.37. The molecule has 1 N–H and O–H groups in total. The van der Waals surface area contributed by atoms with E-state index in [4.69, 9.17) is 0 Å². The molecule has 1 aromatic carbocycles. The first-order valence-corrected chi connectivity index (χ1v) is 9.79. The highest BCUT2D eigenvalue weighted by Crippen LogP contribution is 2.26. The van der Waals surface area contributed by atoms with E-state index in [9.17, 15) is 4.79 Å². The third kappa shape index (κ3) is 2.72. The first kappa shape index (κ1) is 15.0. The van der Waals surface area contributed by atoms with Gasteiger partial charge in [-0.1, -0.05) is 12.1 Å². The second-order valence-electron chi connectivity index (χ2n) is 6.79. The lowest BCUT2D eigenvalue weighted by molar-refractivity contribution is 0.329. The maximum atomic E-state index is 12.3. The van der Waals surface area contributed by atoms with Gasteiger partial charge in [-0.3, -0.25) is 4.79 Å². The highest BCUT2D eigenvalue weighted by molar-refractivity contribution is 7.98. The van der Waals surface area contributed by atoms with Crippen molar-refractivity contribution in [2.75, 3.05) is 23.7 Å². The van der Waals surface area contributed by atoms with Crippen LogP contribution in [-0.2, 0) is 18.7 Å². The van der Waals surface area contributed by atoms with E-state index in [1.54, 1.807) is 10.7 Å². The minimum absolute atomic E-state index is 0.0310. The molecule has 7 heteroatoms. The van der Waals surface area contributed by atoms with Gasteiger partial charge in [-0.25, -0.2) is 9.67 Å². The molecule has 3 aromatic rings. The van der Waals surface area contributed by atoms with Crippen molar-refractivity contribution in [3.63, 3.8) is 0 Å². The molecule has 25 heavy (non-hydrogen) atoms. The Morgan fingerprint density at radius 3 is 3.04 bits per heavy atom. The average molecular weight is 353 g/mol. The minimum Gasteiger partial charge on any atom is -0.342 e. The van der Waals surface area contributed by atoms with Crippen molar-refractivity contribution < 1.29 is 0 Å². The van der Waals surface area contributed by atoms with Crippen LogP contribution >= 0.6 is 11.8 Å². The minimum atomic E-state index is 0.0310. The van der Waals surface area contributed by atoms with Gasteiger partial charge in [0.25, 0.3) is 5.56 Å². The fourth-order valence-electron chi connectivity index (χ4n) is 3.58. The summed E-state index contributed by atoms with van der Waals surface area (Å²) in [6, 6.07) is 9.85. The first-order valence-electron chi connectivity index (χ1n) is 8.63. The molecule has 0 saturated carbocycles. The van der Waals surface area contributed by atoms with E-state index in [0.717, 1.165) is 59.3 Å². The van der Waals surface area contributed by atoms with Crippen LogP contribution in [0.5, 0.6) is 0 Å². The highest BCUT2D eigenvalue weighted by atomic mass is 32.2. The van der Waals surface area contributed by atoms with Crippen molar-refractivity contribution in [3.05, 3.63) is 51.9 Å². The molecule has 0 aliphatic carbocycles. The summed E-state index contributed by atoms with van der Waals surface area (Å²) < 4.78 is 1.66. The van der Waals surface area contributed by atoms with Crippen LogP contribution in [0, 0.1) is 5.92 Å². The molecule has 0 radical (unpaired) electrons. The van der Waals surface area contributed by atoms with Gasteiger partial charge in [-0.05, 0) is 23.4 Å². The van der Waals surface area contributed by atoms with Crippen LogP contribution in [0.2, 0.25) is 0 Å². The van der Waals surface area contributed by atoms with Crippen LogP contribution in [0.4, 0.5) is 5.95 Å². The first-order chi connectivity index (χ1) is 12.3. The molecule has 5 rings (SSSR count). The van der Waals surface area contributed by atoms with Crippen LogP contribution < -0.4 is 10.5 Å². The number of para-hydroxylation sites is 2. The number of rotatable bonds is 3. The molecule has 6 nitrogen and oxygen atoms in total. The number of hydrogen-bond donors (Lipinski definition) is 1. The maximum Gasteiger partial charge on any atom is 0.267 e. The smallest absolute Gasteiger partial charge is 0.267 e. The molecule has 1 saturated heterocycles. The van der Waals surface area contributed by atoms with Gasteiger partial charge in [0.15, 0.2) is 0 Å². The summed E-state index contributed by atoms with van der Waals surface area (Å²) in [4.78, 5) is 22.5. The summed E-state index contributed by atoms with van der Waals surface area (Å²) in [5, 5.41) is 4.62. The standard InChI is InChI=1S/C18H19N5OS/c24-17-7-13-11-25-6-5-14(13)21-23(17)10-12-8-22(9-12)18-19-15-3-1-2-4-16(15)20-18/h1-4,7,12H,5-6,8-11H2,(H,19,20). The number of nitrogens with zero attached hydrogens (tertiary/aromatic N) is 4. The monoisotopic (exact) mass is 353 g/mol. The maximum absolute atomic E-state index is 12.3. The lowest BCUT2D eigenvalue weighted by Gasteiger charge is -2.39. The van der Waals surface area contributed by atoms with E-state index in [-0.39, 0.29) is 5.56 Å². The Morgan fingerprint density at radius 2 is 2.16 bits per heavy atom.